The SMILES string of the molecule is C=CCc1ccc(C#Cc2ccc(Cl)cc2F)cc1. The first-order valence-corrected chi connectivity index (χ1v) is 6.24. The van der Waals surface area contributed by atoms with Crippen molar-refractivity contribution in [1.29, 1.82) is 0 Å². The molecule has 0 aliphatic carbocycles. The Hall–Kier alpha value is -2.04. The standard InChI is InChI=1S/C17H12ClF/c1-2-3-13-4-6-14(7-5-13)8-9-15-10-11-16(18)12-17(15)19/h2,4-7,10-12H,1,3H2. The molecule has 0 amide bonds. The van der Waals surface area contributed by atoms with Gasteiger partial charge in [0.05, 0.1) is 5.56 Å². The van der Waals surface area contributed by atoms with E-state index in [9.17, 15) is 4.39 Å². The fourth-order valence-electron chi connectivity index (χ4n) is 1.62. The van der Waals surface area contributed by atoms with Crippen molar-refractivity contribution in [2.45, 2.75) is 6.42 Å². The molecule has 0 heterocycles. The van der Waals surface area contributed by atoms with Gasteiger partial charge in [0, 0.05) is 10.6 Å². The Balaban J connectivity index is 2.21. The summed E-state index contributed by atoms with van der Waals surface area (Å²) in [5, 5.41) is 0.372. The predicted molar refractivity (Wildman–Crippen MR) is 77.7 cm³/mol. The van der Waals surface area contributed by atoms with Gasteiger partial charge in [0.15, 0.2) is 0 Å². The Morgan fingerprint density at radius 1 is 1.11 bits per heavy atom. The molecule has 0 spiro atoms. The molecule has 0 saturated carbocycles. The van der Waals surface area contributed by atoms with Gasteiger partial charge in [-0.2, -0.15) is 0 Å². The van der Waals surface area contributed by atoms with Gasteiger partial charge >= 0.3 is 0 Å². The number of halogens is 2. The highest BCUT2D eigenvalue weighted by Gasteiger charge is 1.99. The van der Waals surface area contributed by atoms with E-state index in [2.05, 4.69) is 18.4 Å². The van der Waals surface area contributed by atoms with Crippen LogP contribution in [-0.2, 0) is 6.42 Å². The van der Waals surface area contributed by atoms with Crippen LogP contribution in [0.5, 0.6) is 0 Å². The van der Waals surface area contributed by atoms with E-state index in [1.807, 2.05) is 30.3 Å². The quantitative estimate of drug-likeness (QED) is 0.552. The van der Waals surface area contributed by atoms with E-state index in [0.29, 0.717) is 10.6 Å². The van der Waals surface area contributed by atoms with Crippen LogP contribution in [0.3, 0.4) is 0 Å². The average molecular weight is 271 g/mol. The average Bonchev–Trinajstić information content (AvgIpc) is 2.40. The Kier molecular flexibility index (Phi) is 4.39. The van der Waals surface area contributed by atoms with E-state index >= 15 is 0 Å². The summed E-state index contributed by atoms with van der Waals surface area (Å²) in [5.74, 6) is 5.34. The summed E-state index contributed by atoms with van der Waals surface area (Å²) in [6.07, 6.45) is 2.68. The van der Waals surface area contributed by atoms with Gasteiger partial charge in [-0.3, -0.25) is 0 Å². The molecular formula is C17H12ClF. The highest BCUT2D eigenvalue weighted by molar-refractivity contribution is 6.30. The largest absolute Gasteiger partial charge is 0.206 e. The summed E-state index contributed by atoms with van der Waals surface area (Å²) in [4.78, 5) is 0. The first kappa shape index (κ1) is 13.4. The Morgan fingerprint density at radius 3 is 2.47 bits per heavy atom. The molecule has 0 nitrogen and oxygen atoms in total. The Morgan fingerprint density at radius 2 is 1.84 bits per heavy atom. The summed E-state index contributed by atoms with van der Waals surface area (Å²) in [5.41, 5.74) is 2.37. The monoisotopic (exact) mass is 270 g/mol. The minimum absolute atomic E-state index is 0.347. The highest BCUT2D eigenvalue weighted by Crippen LogP contribution is 2.13. The lowest BCUT2D eigenvalue weighted by Gasteiger charge is -1.97. The smallest absolute Gasteiger partial charge is 0.140 e. The molecule has 0 atom stereocenters. The minimum atomic E-state index is -0.400. The van der Waals surface area contributed by atoms with Crippen molar-refractivity contribution in [3.8, 4) is 11.8 Å². The Labute approximate surface area is 117 Å². The van der Waals surface area contributed by atoms with E-state index in [4.69, 9.17) is 11.6 Å². The second kappa shape index (κ2) is 6.22. The van der Waals surface area contributed by atoms with Crippen molar-refractivity contribution in [3.05, 3.63) is 82.6 Å². The summed E-state index contributed by atoms with van der Waals surface area (Å²) in [7, 11) is 0. The molecule has 2 rings (SSSR count). The second-order valence-electron chi connectivity index (χ2n) is 4.06. The molecule has 2 aromatic rings. The van der Waals surface area contributed by atoms with Crippen LogP contribution < -0.4 is 0 Å². The number of benzene rings is 2. The molecule has 0 aliphatic heterocycles. The lowest BCUT2D eigenvalue weighted by Crippen LogP contribution is -1.84. The maximum absolute atomic E-state index is 13.5. The molecule has 0 radical (unpaired) electrons. The zero-order valence-corrected chi connectivity index (χ0v) is 11.0. The molecule has 0 aromatic heterocycles. The summed E-state index contributed by atoms with van der Waals surface area (Å²) < 4.78 is 13.5. The third-order valence-electron chi connectivity index (χ3n) is 2.61. The van der Waals surface area contributed by atoms with Crippen LogP contribution in [0.1, 0.15) is 16.7 Å². The Bertz CT molecular complexity index is 645. The molecule has 0 saturated heterocycles. The van der Waals surface area contributed by atoms with Crippen LogP contribution in [-0.4, -0.2) is 0 Å². The van der Waals surface area contributed by atoms with Gasteiger partial charge in [0.25, 0.3) is 0 Å². The molecule has 0 N–H and O–H groups in total. The van der Waals surface area contributed by atoms with E-state index in [-0.39, 0.29) is 0 Å². The van der Waals surface area contributed by atoms with Crippen molar-refractivity contribution >= 4 is 11.6 Å². The van der Waals surface area contributed by atoms with Crippen LogP contribution in [0.2, 0.25) is 5.02 Å². The van der Waals surface area contributed by atoms with Gasteiger partial charge < -0.3 is 0 Å². The maximum atomic E-state index is 13.5. The first-order valence-electron chi connectivity index (χ1n) is 5.86. The van der Waals surface area contributed by atoms with E-state index < -0.39 is 5.82 Å². The second-order valence-corrected chi connectivity index (χ2v) is 4.50. The maximum Gasteiger partial charge on any atom is 0.140 e. The van der Waals surface area contributed by atoms with Gasteiger partial charge in [0.2, 0.25) is 0 Å². The molecule has 0 fully saturated rings. The summed E-state index contributed by atoms with van der Waals surface area (Å²) in [6.45, 7) is 3.69. The van der Waals surface area contributed by atoms with Gasteiger partial charge in [-0.15, -0.1) is 6.58 Å². The van der Waals surface area contributed by atoms with Crippen molar-refractivity contribution in [1.82, 2.24) is 0 Å². The van der Waals surface area contributed by atoms with Crippen LogP contribution in [0.25, 0.3) is 0 Å². The lowest BCUT2D eigenvalue weighted by molar-refractivity contribution is 0.624. The molecule has 19 heavy (non-hydrogen) atoms. The highest BCUT2D eigenvalue weighted by atomic mass is 35.5. The zero-order valence-electron chi connectivity index (χ0n) is 10.3. The fraction of sp³-hybridized carbons (Fsp3) is 0.0588. The van der Waals surface area contributed by atoms with Crippen molar-refractivity contribution in [3.63, 3.8) is 0 Å². The van der Waals surface area contributed by atoms with Gasteiger partial charge in [-0.25, -0.2) is 4.39 Å². The number of hydrogen-bond acceptors (Lipinski definition) is 0. The molecule has 0 aliphatic rings. The van der Waals surface area contributed by atoms with E-state index in [1.54, 1.807) is 12.1 Å². The van der Waals surface area contributed by atoms with E-state index in [1.165, 1.54) is 11.6 Å². The first-order chi connectivity index (χ1) is 9.19. The van der Waals surface area contributed by atoms with Crippen molar-refractivity contribution < 1.29 is 4.39 Å². The van der Waals surface area contributed by atoms with Crippen LogP contribution in [0, 0.1) is 17.7 Å². The topological polar surface area (TPSA) is 0 Å². The molecule has 0 bridgehead atoms. The van der Waals surface area contributed by atoms with Gasteiger partial charge in [0.1, 0.15) is 5.82 Å². The minimum Gasteiger partial charge on any atom is -0.206 e. The van der Waals surface area contributed by atoms with E-state index in [0.717, 1.165) is 12.0 Å². The number of rotatable bonds is 2. The molecular weight excluding hydrogens is 259 g/mol. The van der Waals surface area contributed by atoms with Crippen LogP contribution >= 0.6 is 11.6 Å². The van der Waals surface area contributed by atoms with Crippen LogP contribution in [0.4, 0.5) is 4.39 Å². The number of hydrogen-bond donors (Lipinski definition) is 0. The summed E-state index contributed by atoms with van der Waals surface area (Å²) in [6, 6.07) is 12.3. The number of allylic oxidation sites excluding steroid dienone is 1. The molecule has 0 unspecified atom stereocenters. The van der Waals surface area contributed by atoms with Crippen LogP contribution in [0.15, 0.2) is 55.1 Å². The lowest BCUT2D eigenvalue weighted by atomic mass is 10.1. The normalized spacial score (nSPS) is 9.58. The summed E-state index contributed by atoms with van der Waals surface area (Å²) >= 11 is 5.68. The zero-order chi connectivity index (χ0) is 13.7. The third kappa shape index (κ3) is 3.71. The third-order valence-corrected chi connectivity index (χ3v) is 2.84. The van der Waals surface area contributed by atoms with Gasteiger partial charge in [-0.05, 0) is 42.3 Å². The molecule has 94 valence electrons. The fourth-order valence-corrected chi connectivity index (χ4v) is 1.78. The molecule has 2 heteroatoms. The van der Waals surface area contributed by atoms with Crippen molar-refractivity contribution in [2.75, 3.05) is 0 Å². The van der Waals surface area contributed by atoms with Crippen molar-refractivity contribution in [2.24, 2.45) is 0 Å². The predicted octanol–water partition coefficient (Wildman–Crippen LogP) is 4.61. The molecule has 2 aromatic carbocycles. The van der Waals surface area contributed by atoms with Gasteiger partial charge in [-0.1, -0.05) is 41.7 Å².